The zero-order valence-electron chi connectivity index (χ0n) is 22.3. The highest BCUT2D eigenvalue weighted by Crippen LogP contribution is 2.41. The van der Waals surface area contributed by atoms with Crippen LogP contribution in [0, 0.1) is 11.8 Å². The average molecular weight is 617 g/mol. The van der Waals surface area contributed by atoms with Crippen LogP contribution < -0.4 is 9.64 Å². The molecule has 4 rings (SSSR count). The molecule has 3 aromatic rings. The van der Waals surface area contributed by atoms with E-state index in [4.69, 9.17) is 27.9 Å². The molecule has 0 amide bonds. The Labute approximate surface area is 245 Å². The van der Waals surface area contributed by atoms with Gasteiger partial charge in [0.25, 0.3) is 0 Å². The number of nitrogens with zero attached hydrogens (tertiary/aromatic N) is 3. The van der Waals surface area contributed by atoms with E-state index in [0.717, 1.165) is 17.7 Å². The van der Waals surface area contributed by atoms with E-state index in [1.165, 1.54) is 28.6 Å². The highest BCUT2D eigenvalue weighted by Gasteiger charge is 2.38. The molecule has 1 saturated carbocycles. The molecule has 2 atom stereocenters. The largest absolute Gasteiger partial charge is 0.481 e. The standard InChI is InChI=1S/C28H30Cl2F3N3O3S/c1-15(2)25-18(24(35-40-25)23-19(29)8-5-9-20(23)30)14-39-22-11-10-21(26(34-22)28(31,32)33)36(3)13-16-6-4-7-17(12-16)27(37)38/h5,8-11,15-17H,4,6-7,12-14H2,1-3H3,(H,37,38). The molecule has 216 valence electrons. The van der Waals surface area contributed by atoms with Crippen molar-refractivity contribution >= 4 is 46.4 Å². The van der Waals surface area contributed by atoms with Crippen LogP contribution in [0.3, 0.4) is 0 Å². The van der Waals surface area contributed by atoms with Crippen LogP contribution in [0.2, 0.25) is 10.0 Å². The number of anilines is 1. The molecule has 1 fully saturated rings. The average Bonchev–Trinajstić information content (AvgIpc) is 3.30. The Morgan fingerprint density at radius 2 is 1.90 bits per heavy atom. The Hall–Kier alpha value is -2.56. The second kappa shape index (κ2) is 12.5. The molecule has 0 bridgehead atoms. The van der Waals surface area contributed by atoms with Crippen molar-refractivity contribution in [2.24, 2.45) is 11.8 Å². The van der Waals surface area contributed by atoms with Crippen molar-refractivity contribution in [2.75, 3.05) is 18.5 Å². The van der Waals surface area contributed by atoms with Gasteiger partial charge in [0.05, 0.1) is 27.3 Å². The summed E-state index contributed by atoms with van der Waals surface area (Å²) in [4.78, 5) is 17.7. The number of pyridine rings is 1. The van der Waals surface area contributed by atoms with Gasteiger partial charge in [-0.3, -0.25) is 4.79 Å². The number of alkyl halides is 3. The Morgan fingerprint density at radius 3 is 2.52 bits per heavy atom. The van der Waals surface area contributed by atoms with Crippen LogP contribution in [0.1, 0.15) is 61.6 Å². The molecule has 1 aliphatic rings. The first-order chi connectivity index (χ1) is 18.9. The van der Waals surface area contributed by atoms with E-state index >= 15 is 0 Å². The third-order valence-electron chi connectivity index (χ3n) is 7.10. The molecular formula is C28H30Cl2F3N3O3S. The SMILES string of the molecule is CC(C)c1snc(-c2c(Cl)cccc2Cl)c1COc1ccc(N(C)CC2CCCC(C(=O)O)C2)c(C(F)(F)F)n1. The number of rotatable bonds is 9. The van der Waals surface area contributed by atoms with Gasteiger partial charge in [0.15, 0.2) is 5.69 Å². The second-order valence-corrected chi connectivity index (χ2v) is 12.0. The van der Waals surface area contributed by atoms with Gasteiger partial charge in [-0.1, -0.05) is 49.5 Å². The third-order valence-corrected chi connectivity index (χ3v) is 8.92. The molecule has 1 N–H and O–H groups in total. The van der Waals surface area contributed by atoms with Gasteiger partial charge in [-0.25, -0.2) is 4.98 Å². The molecule has 40 heavy (non-hydrogen) atoms. The van der Waals surface area contributed by atoms with E-state index in [2.05, 4.69) is 9.36 Å². The van der Waals surface area contributed by atoms with Crippen LogP contribution in [0.4, 0.5) is 18.9 Å². The number of carboxylic acids is 1. The van der Waals surface area contributed by atoms with Gasteiger partial charge in [0.2, 0.25) is 5.88 Å². The van der Waals surface area contributed by atoms with Gasteiger partial charge in [0, 0.05) is 35.7 Å². The van der Waals surface area contributed by atoms with Gasteiger partial charge in [0.1, 0.15) is 6.61 Å². The van der Waals surface area contributed by atoms with Crippen molar-refractivity contribution in [3.8, 4) is 17.1 Å². The lowest BCUT2D eigenvalue weighted by molar-refractivity contribution is -0.143. The first-order valence-electron chi connectivity index (χ1n) is 12.9. The quantitative estimate of drug-likeness (QED) is 0.260. The minimum atomic E-state index is -4.72. The molecule has 0 spiro atoms. The summed E-state index contributed by atoms with van der Waals surface area (Å²) in [6.07, 6.45) is -2.17. The summed E-state index contributed by atoms with van der Waals surface area (Å²) in [6, 6.07) is 7.88. The predicted molar refractivity (Wildman–Crippen MR) is 152 cm³/mol. The zero-order chi connectivity index (χ0) is 29.2. The molecule has 0 saturated heterocycles. The summed E-state index contributed by atoms with van der Waals surface area (Å²) in [6.45, 7) is 4.21. The summed E-state index contributed by atoms with van der Waals surface area (Å²) >= 11 is 14.1. The Balaban J connectivity index is 1.59. The van der Waals surface area contributed by atoms with E-state index in [-0.39, 0.29) is 30.0 Å². The number of benzene rings is 1. The molecule has 2 aromatic heterocycles. The van der Waals surface area contributed by atoms with Crippen LogP contribution >= 0.6 is 34.7 Å². The van der Waals surface area contributed by atoms with Gasteiger partial charge in [-0.2, -0.15) is 17.5 Å². The number of aliphatic carboxylic acids is 1. The maximum Gasteiger partial charge on any atom is 0.435 e. The van der Waals surface area contributed by atoms with E-state index in [1.807, 2.05) is 13.8 Å². The molecule has 0 radical (unpaired) electrons. The van der Waals surface area contributed by atoms with E-state index in [0.29, 0.717) is 46.3 Å². The van der Waals surface area contributed by atoms with Crippen molar-refractivity contribution in [1.29, 1.82) is 0 Å². The summed E-state index contributed by atoms with van der Waals surface area (Å²) in [5.74, 6) is -1.43. The van der Waals surface area contributed by atoms with Crippen LogP contribution in [0.25, 0.3) is 11.3 Å². The van der Waals surface area contributed by atoms with Crippen LogP contribution in [0.5, 0.6) is 5.88 Å². The maximum absolute atomic E-state index is 14.1. The molecule has 2 heterocycles. The van der Waals surface area contributed by atoms with Crippen LogP contribution in [0.15, 0.2) is 30.3 Å². The van der Waals surface area contributed by atoms with Crippen molar-refractivity contribution in [2.45, 2.75) is 58.2 Å². The summed E-state index contributed by atoms with van der Waals surface area (Å²) in [5, 5.41) is 10.2. The molecule has 1 aliphatic carbocycles. The summed E-state index contributed by atoms with van der Waals surface area (Å²) < 4.78 is 52.8. The lowest BCUT2D eigenvalue weighted by atomic mass is 9.81. The number of carbonyl (C=O) groups is 1. The molecule has 12 heteroatoms. The number of halogens is 5. The fraction of sp³-hybridized carbons (Fsp3) is 0.464. The minimum absolute atomic E-state index is 0.0209. The monoisotopic (exact) mass is 615 g/mol. The maximum atomic E-state index is 14.1. The van der Waals surface area contributed by atoms with Crippen molar-refractivity contribution in [3.05, 3.63) is 56.5 Å². The van der Waals surface area contributed by atoms with Crippen molar-refractivity contribution in [1.82, 2.24) is 9.36 Å². The summed E-state index contributed by atoms with van der Waals surface area (Å²) in [7, 11) is 1.57. The van der Waals surface area contributed by atoms with E-state index in [1.54, 1.807) is 25.2 Å². The van der Waals surface area contributed by atoms with E-state index in [9.17, 15) is 23.1 Å². The number of aromatic nitrogens is 2. The van der Waals surface area contributed by atoms with Gasteiger partial charge in [-0.15, -0.1) is 0 Å². The Kier molecular flexibility index (Phi) is 9.52. The third kappa shape index (κ3) is 6.83. The lowest BCUT2D eigenvalue weighted by Gasteiger charge is -2.32. The number of hydrogen-bond donors (Lipinski definition) is 1. The topological polar surface area (TPSA) is 75.5 Å². The number of ether oxygens (including phenoxy) is 1. The number of carboxylic acid groups (broad SMARTS) is 1. The van der Waals surface area contributed by atoms with Crippen molar-refractivity contribution in [3.63, 3.8) is 0 Å². The molecule has 6 nitrogen and oxygen atoms in total. The van der Waals surface area contributed by atoms with Crippen LogP contribution in [-0.4, -0.2) is 34.0 Å². The fourth-order valence-electron chi connectivity index (χ4n) is 5.18. The minimum Gasteiger partial charge on any atom is -0.481 e. The van der Waals surface area contributed by atoms with Gasteiger partial charge >= 0.3 is 12.1 Å². The first kappa shape index (κ1) is 30.4. The van der Waals surface area contributed by atoms with Gasteiger partial charge < -0.3 is 14.7 Å². The zero-order valence-corrected chi connectivity index (χ0v) is 24.6. The van der Waals surface area contributed by atoms with Gasteiger partial charge in [-0.05, 0) is 60.8 Å². The fourth-order valence-corrected chi connectivity index (χ4v) is 6.62. The highest BCUT2D eigenvalue weighted by molar-refractivity contribution is 7.06. The summed E-state index contributed by atoms with van der Waals surface area (Å²) in [5.41, 5.74) is 0.628. The molecular weight excluding hydrogens is 586 g/mol. The lowest BCUT2D eigenvalue weighted by Crippen LogP contribution is -2.32. The second-order valence-electron chi connectivity index (χ2n) is 10.4. The first-order valence-corrected chi connectivity index (χ1v) is 14.5. The Morgan fingerprint density at radius 1 is 1.20 bits per heavy atom. The smallest absolute Gasteiger partial charge is 0.435 e. The number of hydrogen-bond acceptors (Lipinski definition) is 6. The molecule has 0 aliphatic heterocycles. The molecule has 2 unspecified atom stereocenters. The van der Waals surface area contributed by atoms with Crippen molar-refractivity contribution < 1.29 is 27.8 Å². The highest BCUT2D eigenvalue weighted by atomic mass is 35.5. The predicted octanol–water partition coefficient (Wildman–Crippen LogP) is 8.56. The molecule has 1 aromatic carbocycles. The van der Waals surface area contributed by atoms with E-state index < -0.39 is 23.8 Å². The normalized spacial score (nSPS) is 17.7. The Bertz CT molecular complexity index is 1350. The van der Waals surface area contributed by atoms with Crippen LogP contribution in [-0.2, 0) is 17.6 Å².